The van der Waals surface area contributed by atoms with Gasteiger partial charge < -0.3 is 10.5 Å². The van der Waals surface area contributed by atoms with Crippen molar-refractivity contribution >= 4 is 5.69 Å². The molecule has 5 nitrogen and oxygen atoms in total. The molecule has 0 fully saturated rings. The Balaban J connectivity index is 3.32. The summed E-state index contributed by atoms with van der Waals surface area (Å²) in [5.74, 6) is 0.500. The van der Waals surface area contributed by atoms with E-state index < -0.39 is 4.92 Å². The van der Waals surface area contributed by atoms with Crippen molar-refractivity contribution in [2.45, 2.75) is 13.5 Å². The minimum absolute atomic E-state index is 0.00731. The molecule has 0 aromatic heterocycles. The second-order valence-electron chi connectivity index (χ2n) is 2.89. The minimum atomic E-state index is -0.457. The molecule has 0 aliphatic heterocycles. The lowest BCUT2D eigenvalue weighted by atomic mass is 10.1. The van der Waals surface area contributed by atoms with Crippen molar-refractivity contribution in [1.29, 1.82) is 0 Å². The number of ether oxygens (including phenoxy) is 1. The van der Waals surface area contributed by atoms with Crippen molar-refractivity contribution in [1.82, 2.24) is 0 Å². The number of rotatable bonds is 3. The van der Waals surface area contributed by atoms with Crippen molar-refractivity contribution in [3.8, 4) is 5.75 Å². The molecule has 2 N–H and O–H groups in total. The summed E-state index contributed by atoms with van der Waals surface area (Å²) >= 11 is 0. The monoisotopic (exact) mass is 196 g/mol. The third-order valence-electron chi connectivity index (χ3n) is 2.10. The van der Waals surface area contributed by atoms with E-state index in [1.54, 1.807) is 0 Å². The predicted octanol–water partition coefficient (Wildman–Crippen LogP) is 1.37. The molecular formula is C9H12N2O3. The molecule has 0 saturated heterocycles. The van der Waals surface area contributed by atoms with Gasteiger partial charge in [-0.2, -0.15) is 0 Å². The summed E-state index contributed by atoms with van der Waals surface area (Å²) in [6, 6.07) is 2.87. The van der Waals surface area contributed by atoms with Crippen molar-refractivity contribution in [2.24, 2.45) is 5.73 Å². The molecule has 76 valence electrons. The van der Waals surface area contributed by atoms with Crippen LogP contribution in [0.3, 0.4) is 0 Å². The molecule has 0 unspecified atom stereocenters. The molecular weight excluding hydrogens is 184 g/mol. The number of hydrogen-bond donors (Lipinski definition) is 1. The van der Waals surface area contributed by atoms with E-state index in [0.29, 0.717) is 5.75 Å². The van der Waals surface area contributed by atoms with Gasteiger partial charge in [0.2, 0.25) is 0 Å². The Morgan fingerprint density at radius 2 is 2.21 bits per heavy atom. The van der Waals surface area contributed by atoms with Gasteiger partial charge in [0, 0.05) is 12.6 Å². The standard InChI is InChI=1S/C9H12N2O3/c1-6-7(5-10)3-8(11(12)13)4-9(6)14-2/h3-4H,5,10H2,1-2H3. The first-order valence-corrected chi connectivity index (χ1v) is 4.12. The van der Waals surface area contributed by atoms with Gasteiger partial charge in [-0.15, -0.1) is 0 Å². The lowest BCUT2D eigenvalue weighted by Gasteiger charge is -2.08. The van der Waals surface area contributed by atoms with Crippen LogP contribution in [0, 0.1) is 17.0 Å². The highest BCUT2D eigenvalue weighted by atomic mass is 16.6. The molecule has 0 saturated carbocycles. The quantitative estimate of drug-likeness (QED) is 0.585. The van der Waals surface area contributed by atoms with E-state index in [1.165, 1.54) is 19.2 Å². The van der Waals surface area contributed by atoms with Crippen molar-refractivity contribution in [3.63, 3.8) is 0 Å². The highest BCUT2D eigenvalue weighted by Crippen LogP contribution is 2.27. The van der Waals surface area contributed by atoms with Crippen molar-refractivity contribution < 1.29 is 9.66 Å². The van der Waals surface area contributed by atoms with Gasteiger partial charge >= 0.3 is 0 Å². The maximum atomic E-state index is 10.6. The van der Waals surface area contributed by atoms with E-state index in [-0.39, 0.29) is 12.2 Å². The zero-order chi connectivity index (χ0) is 10.7. The normalized spacial score (nSPS) is 9.93. The Kier molecular flexibility index (Phi) is 3.03. The molecule has 0 aliphatic rings. The summed E-state index contributed by atoms with van der Waals surface area (Å²) in [6.45, 7) is 2.09. The average Bonchev–Trinajstić information content (AvgIpc) is 2.17. The SMILES string of the molecule is COc1cc([N+](=O)[O-])cc(CN)c1C. The van der Waals surface area contributed by atoms with Crippen LogP contribution < -0.4 is 10.5 Å². The molecule has 0 spiro atoms. The van der Waals surface area contributed by atoms with Gasteiger partial charge in [-0.25, -0.2) is 0 Å². The predicted molar refractivity (Wildman–Crippen MR) is 52.3 cm³/mol. The van der Waals surface area contributed by atoms with Crippen LogP contribution in [0.1, 0.15) is 11.1 Å². The van der Waals surface area contributed by atoms with Gasteiger partial charge in [0.05, 0.1) is 18.1 Å². The summed E-state index contributed by atoms with van der Waals surface area (Å²) in [4.78, 5) is 10.1. The van der Waals surface area contributed by atoms with Gasteiger partial charge in [-0.1, -0.05) is 0 Å². The minimum Gasteiger partial charge on any atom is -0.496 e. The van der Waals surface area contributed by atoms with Crippen LogP contribution in [0.4, 0.5) is 5.69 Å². The smallest absolute Gasteiger partial charge is 0.273 e. The second kappa shape index (κ2) is 4.06. The highest BCUT2D eigenvalue weighted by Gasteiger charge is 2.13. The number of methoxy groups -OCH3 is 1. The lowest BCUT2D eigenvalue weighted by molar-refractivity contribution is -0.385. The van der Waals surface area contributed by atoms with Crippen LogP contribution in [0.15, 0.2) is 12.1 Å². The van der Waals surface area contributed by atoms with E-state index in [0.717, 1.165) is 11.1 Å². The first-order valence-electron chi connectivity index (χ1n) is 4.12. The van der Waals surface area contributed by atoms with E-state index in [2.05, 4.69) is 0 Å². The third kappa shape index (κ3) is 1.82. The number of nitro benzene ring substituents is 1. The van der Waals surface area contributed by atoms with E-state index >= 15 is 0 Å². The van der Waals surface area contributed by atoms with Crippen LogP contribution in [0.5, 0.6) is 5.75 Å². The molecule has 1 aromatic carbocycles. The number of non-ortho nitro benzene ring substituents is 1. The zero-order valence-electron chi connectivity index (χ0n) is 8.11. The molecule has 1 rings (SSSR count). The van der Waals surface area contributed by atoms with Gasteiger partial charge in [0.15, 0.2) is 0 Å². The molecule has 14 heavy (non-hydrogen) atoms. The van der Waals surface area contributed by atoms with E-state index in [9.17, 15) is 10.1 Å². The largest absolute Gasteiger partial charge is 0.496 e. The van der Waals surface area contributed by atoms with Gasteiger partial charge in [-0.05, 0) is 18.1 Å². The molecule has 0 atom stereocenters. The fraction of sp³-hybridized carbons (Fsp3) is 0.333. The number of benzene rings is 1. The summed E-state index contributed by atoms with van der Waals surface area (Å²) in [5, 5.41) is 10.6. The van der Waals surface area contributed by atoms with Crippen molar-refractivity contribution in [3.05, 3.63) is 33.4 Å². The Morgan fingerprint density at radius 3 is 2.64 bits per heavy atom. The van der Waals surface area contributed by atoms with Crippen LogP contribution in [0.25, 0.3) is 0 Å². The average molecular weight is 196 g/mol. The highest BCUT2D eigenvalue weighted by molar-refractivity contribution is 5.49. The summed E-state index contributed by atoms with van der Waals surface area (Å²) in [5.41, 5.74) is 7.05. The fourth-order valence-electron chi connectivity index (χ4n) is 1.26. The topological polar surface area (TPSA) is 78.4 Å². The maximum absolute atomic E-state index is 10.6. The van der Waals surface area contributed by atoms with Crippen molar-refractivity contribution in [2.75, 3.05) is 7.11 Å². The molecule has 0 radical (unpaired) electrons. The molecule has 0 bridgehead atoms. The molecule has 1 aromatic rings. The fourth-order valence-corrected chi connectivity index (χ4v) is 1.26. The van der Waals surface area contributed by atoms with Crippen LogP contribution in [-0.4, -0.2) is 12.0 Å². The summed E-state index contributed by atoms with van der Waals surface area (Å²) < 4.78 is 5.02. The van der Waals surface area contributed by atoms with Gasteiger partial charge in [0.25, 0.3) is 5.69 Å². The maximum Gasteiger partial charge on any atom is 0.273 e. The van der Waals surface area contributed by atoms with Gasteiger partial charge in [-0.3, -0.25) is 10.1 Å². The zero-order valence-corrected chi connectivity index (χ0v) is 8.11. The first-order chi connectivity index (χ1) is 6.60. The summed E-state index contributed by atoms with van der Waals surface area (Å²) in [6.07, 6.45) is 0. The molecule has 0 aliphatic carbocycles. The second-order valence-corrected chi connectivity index (χ2v) is 2.89. The van der Waals surface area contributed by atoms with Crippen LogP contribution in [-0.2, 0) is 6.54 Å². The number of nitro groups is 1. The first kappa shape index (κ1) is 10.5. The molecule has 5 heteroatoms. The lowest BCUT2D eigenvalue weighted by Crippen LogP contribution is -2.02. The molecule has 0 amide bonds. The number of hydrogen-bond acceptors (Lipinski definition) is 4. The Labute approximate surface area is 81.6 Å². The van der Waals surface area contributed by atoms with E-state index in [4.69, 9.17) is 10.5 Å². The Hall–Kier alpha value is -1.62. The third-order valence-corrected chi connectivity index (χ3v) is 2.10. The molecule has 0 heterocycles. The van der Waals surface area contributed by atoms with Crippen LogP contribution in [0.2, 0.25) is 0 Å². The summed E-state index contributed by atoms with van der Waals surface area (Å²) in [7, 11) is 1.48. The Morgan fingerprint density at radius 1 is 1.57 bits per heavy atom. The van der Waals surface area contributed by atoms with E-state index in [1.807, 2.05) is 6.92 Å². The number of nitrogens with zero attached hydrogens (tertiary/aromatic N) is 1. The Bertz CT molecular complexity index is 338. The van der Waals surface area contributed by atoms with Crippen LogP contribution >= 0.6 is 0 Å². The number of nitrogens with two attached hydrogens (primary N) is 1. The van der Waals surface area contributed by atoms with Gasteiger partial charge in [0.1, 0.15) is 5.75 Å².